The first kappa shape index (κ1) is 14.7. The number of anilines is 1. The summed E-state index contributed by atoms with van der Waals surface area (Å²) in [5.41, 5.74) is 0.202. The Hall–Kier alpha value is -1.71. The first-order chi connectivity index (χ1) is 9.40. The maximum absolute atomic E-state index is 12.5. The van der Waals surface area contributed by atoms with E-state index in [-0.39, 0.29) is 5.02 Å². The molecule has 1 aromatic carbocycles. The summed E-state index contributed by atoms with van der Waals surface area (Å²) in [5, 5.41) is 13.4. The average molecular weight is 317 g/mol. The van der Waals surface area contributed by atoms with E-state index < -0.39 is 11.7 Å². The minimum Gasteiger partial charge on any atom is -0.379 e. The first-order valence-corrected chi connectivity index (χ1v) is 6.74. The Balaban J connectivity index is 2.09. The molecule has 1 heterocycles. The number of halogens is 4. The Morgan fingerprint density at radius 1 is 1.30 bits per heavy atom. The summed E-state index contributed by atoms with van der Waals surface area (Å²) >= 11 is 7.22. The van der Waals surface area contributed by atoms with Gasteiger partial charge in [0.15, 0.2) is 0 Å². The molecule has 0 aliphatic heterocycles. The number of nitriles is 1. The largest absolute Gasteiger partial charge is 0.416 e. The molecule has 0 atom stereocenters. The molecule has 2 rings (SSSR count). The molecular weight excluding hydrogens is 309 g/mol. The lowest BCUT2D eigenvalue weighted by Gasteiger charge is -2.11. The van der Waals surface area contributed by atoms with Crippen LogP contribution in [0.4, 0.5) is 18.9 Å². The number of hydrogen-bond acceptors (Lipinski definition) is 3. The number of nitrogens with one attached hydrogen (secondary N) is 1. The highest BCUT2D eigenvalue weighted by atomic mass is 35.5. The van der Waals surface area contributed by atoms with Gasteiger partial charge in [-0.2, -0.15) is 18.4 Å². The van der Waals surface area contributed by atoms with Crippen molar-refractivity contribution in [3.63, 3.8) is 0 Å². The Bertz CT molecular complexity index is 658. The van der Waals surface area contributed by atoms with Crippen molar-refractivity contribution in [2.24, 2.45) is 0 Å². The first-order valence-electron chi connectivity index (χ1n) is 5.48. The van der Waals surface area contributed by atoms with Crippen LogP contribution in [0.2, 0.25) is 5.02 Å². The van der Waals surface area contributed by atoms with E-state index in [1.54, 1.807) is 11.4 Å². The van der Waals surface area contributed by atoms with Gasteiger partial charge < -0.3 is 5.32 Å². The van der Waals surface area contributed by atoms with E-state index >= 15 is 0 Å². The summed E-state index contributed by atoms with van der Waals surface area (Å²) in [6.45, 7) is 0.400. The van der Waals surface area contributed by atoms with Crippen molar-refractivity contribution in [2.45, 2.75) is 12.7 Å². The van der Waals surface area contributed by atoms with Crippen LogP contribution < -0.4 is 5.32 Å². The smallest absolute Gasteiger partial charge is 0.379 e. The molecule has 1 aromatic heterocycles. The molecule has 2 nitrogen and oxygen atoms in total. The van der Waals surface area contributed by atoms with Crippen LogP contribution in [-0.2, 0) is 12.7 Å². The van der Waals surface area contributed by atoms with Gasteiger partial charge in [-0.25, -0.2) is 0 Å². The second kappa shape index (κ2) is 5.73. The quantitative estimate of drug-likeness (QED) is 0.873. The average Bonchev–Trinajstić information content (AvgIpc) is 2.84. The minimum absolute atomic E-state index is 0.0110. The standard InChI is InChI=1S/C13H8ClF3N2S/c14-11-4-9(13(15,16)17)1-2-12(11)19-6-10-3-8(5-18)7-20-10/h1-4,7,19H,6H2. The van der Waals surface area contributed by atoms with E-state index in [1.165, 1.54) is 17.4 Å². The van der Waals surface area contributed by atoms with Crippen molar-refractivity contribution < 1.29 is 13.2 Å². The SMILES string of the molecule is N#Cc1csc(CNc2ccc(C(F)(F)F)cc2Cl)c1. The molecule has 0 saturated carbocycles. The van der Waals surface area contributed by atoms with Gasteiger partial charge in [0, 0.05) is 16.8 Å². The number of benzene rings is 1. The highest BCUT2D eigenvalue weighted by Crippen LogP contribution is 2.34. The summed E-state index contributed by atoms with van der Waals surface area (Å²) in [6, 6.07) is 6.89. The zero-order valence-corrected chi connectivity index (χ0v) is 11.5. The molecule has 0 amide bonds. The third kappa shape index (κ3) is 3.44. The summed E-state index contributed by atoms with van der Waals surface area (Å²) in [4.78, 5) is 0.900. The Kier molecular flexibility index (Phi) is 4.21. The van der Waals surface area contributed by atoms with Gasteiger partial charge >= 0.3 is 6.18 Å². The summed E-state index contributed by atoms with van der Waals surface area (Å²) in [5.74, 6) is 0. The number of alkyl halides is 3. The van der Waals surface area contributed by atoms with Gasteiger partial charge in [-0.3, -0.25) is 0 Å². The van der Waals surface area contributed by atoms with E-state index in [2.05, 4.69) is 5.32 Å². The third-order valence-electron chi connectivity index (χ3n) is 2.53. The normalized spacial score (nSPS) is 11.2. The van der Waals surface area contributed by atoms with Crippen molar-refractivity contribution in [3.8, 4) is 6.07 Å². The maximum atomic E-state index is 12.5. The molecule has 0 aliphatic carbocycles. The Labute approximate surface area is 122 Å². The molecule has 104 valence electrons. The third-order valence-corrected chi connectivity index (χ3v) is 3.78. The van der Waals surface area contributed by atoms with E-state index in [1.807, 2.05) is 6.07 Å². The summed E-state index contributed by atoms with van der Waals surface area (Å²) in [7, 11) is 0. The molecule has 0 saturated heterocycles. The van der Waals surface area contributed by atoms with Crippen LogP contribution in [0.25, 0.3) is 0 Å². The number of rotatable bonds is 3. The van der Waals surface area contributed by atoms with Crippen LogP contribution in [0.5, 0.6) is 0 Å². The molecule has 0 fully saturated rings. The van der Waals surface area contributed by atoms with Crippen molar-refractivity contribution in [1.29, 1.82) is 5.26 Å². The molecule has 0 bridgehead atoms. The Morgan fingerprint density at radius 3 is 2.60 bits per heavy atom. The highest BCUT2D eigenvalue weighted by molar-refractivity contribution is 7.10. The Morgan fingerprint density at radius 2 is 2.05 bits per heavy atom. The molecule has 0 radical (unpaired) electrons. The van der Waals surface area contributed by atoms with Gasteiger partial charge in [-0.15, -0.1) is 11.3 Å². The van der Waals surface area contributed by atoms with E-state index in [0.717, 1.165) is 17.0 Å². The van der Waals surface area contributed by atoms with Crippen LogP contribution in [0.1, 0.15) is 16.0 Å². The van der Waals surface area contributed by atoms with Gasteiger partial charge in [0.25, 0.3) is 0 Å². The van der Waals surface area contributed by atoms with Crippen molar-refractivity contribution in [1.82, 2.24) is 0 Å². The lowest BCUT2D eigenvalue weighted by molar-refractivity contribution is -0.137. The van der Waals surface area contributed by atoms with Crippen molar-refractivity contribution in [3.05, 3.63) is 50.7 Å². The summed E-state index contributed by atoms with van der Waals surface area (Å²) < 4.78 is 37.5. The van der Waals surface area contributed by atoms with Crippen LogP contribution in [0, 0.1) is 11.3 Å². The molecule has 7 heteroatoms. The maximum Gasteiger partial charge on any atom is 0.416 e. The molecular formula is C13H8ClF3N2S. The molecule has 0 aliphatic rings. The predicted octanol–water partition coefficient (Wildman–Crippen LogP) is 4.90. The van der Waals surface area contributed by atoms with Crippen LogP contribution in [0.15, 0.2) is 29.6 Å². The van der Waals surface area contributed by atoms with Gasteiger partial charge in [0.2, 0.25) is 0 Å². The molecule has 0 unspecified atom stereocenters. The predicted molar refractivity (Wildman–Crippen MR) is 72.8 cm³/mol. The van der Waals surface area contributed by atoms with Crippen LogP contribution >= 0.6 is 22.9 Å². The molecule has 1 N–H and O–H groups in total. The molecule has 0 spiro atoms. The van der Waals surface area contributed by atoms with Crippen LogP contribution in [-0.4, -0.2) is 0 Å². The van der Waals surface area contributed by atoms with E-state index in [4.69, 9.17) is 16.9 Å². The summed E-state index contributed by atoms with van der Waals surface area (Å²) in [6.07, 6.45) is -4.41. The van der Waals surface area contributed by atoms with E-state index in [9.17, 15) is 13.2 Å². The minimum atomic E-state index is -4.41. The topological polar surface area (TPSA) is 35.8 Å². The van der Waals surface area contributed by atoms with Crippen LogP contribution in [0.3, 0.4) is 0 Å². The zero-order chi connectivity index (χ0) is 14.8. The number of hydrogen-bond donors (Lipinski definition) is 1. The van der Waals surface area contributed by atoms with Gasteiger partial charge in [0.05, 0.1) is 21.8 Å². The lowest BCUT2D eigenvalue weighted by Crippen LogP contribution is -2.05. The highest BCUT2D eigenvalue weighted by Gasteiger charge is 2.30. The fraction of sp³-hybridized carbons (Fsp3) is 0.154. The fourth-order valence-electron chi connectivity index (χ4n) is 1.55. The monoisotopic (exact) mass is 316 g/mol. The van der Waals surface area contributed by atoms with Gasteiger partial charge in [-0.05, 0) is 24.3 Å². The van der Waals surface area contributed by atoms with Gasteiger partial charge in [-0.1, -0.05) is 11.6 Å². The van der Waals surface area contributed by atoms with Crippen molar-refractivity contribution in [2.75, 3.05) is 5.32 Å². The zero-order valence-electron chi connectivity index (χ0n) is 9.96. The van der Waals surface area contributed by atoms with Crippen molar-refractivity contribution >= 4 is 28.6 Å². The molecule has 20 heavy (non-hydrogen) atoms. The number of thiophene rings is 1. The molecule has 2 aromatic rings. The fourth-order valence-corrected chi connectivity index (χ4v) is 2.55. The second-order valence-electron chi connectivity index (χ2n) is 3.96. The number of nitrogens with zero attached hydrogens (tertiary/aromatic N) is 1. The lowest BCUT2D eigenvalue weighted by atomic mass is 10.2. The second-order valence-corrected chi connectivity index (χ2v) is 5.36. The van der Waals surface area contributed by atoms with Gasteiger partial charge in [0.1, 0.15) is 6.07 Å². The van der Waals surface area contributed by atoms with E-state index in [0.29, 0.717) is 17.8 Å².